The predicted molar refractivity (Wildman–Crippen MR) is 70.2 cm³/mol. The van der Waals surface area contributed by atoms with Crippen molar-refractivity contribution in [3.05, 3.63) is 28.5 Å². The first-order valence-corrected chi connectivity index (χ1v) is 6.35. The zero-order valence-corrected chi connectivity index (χ0v) is 11.3. The zero-order chi connectivity index (χ0) is 12.8. The van der Waals surface area contributed by atoms with E-state index in [9.17, 15) is 9.18 Å². The van der Waals surface area contributed by atoms with Crippen molar-refractivity contribution >= 4 is 27.5 Å². The fourth-order valence-corrected chi connectivity index (χ4v) is 1.73. The van der Waals surface area contributed by atoms with Gasteiger partial charge in [0.2, 0.25) is 5.91 Å². The highest BCUT2D eigenvalue weighted by atomic mass is 79.9. The fraction of sp³-hybridized carbons (Fsp3) is 0.417. The van der Waals surface area contributed by atoms with Gasteiger partial charge in [0.25, 0.3) is 0 Å². The van der Waals surface area contributed by atoms with Gasteiger partial charge in [0, 0.05) is 4.47 Å². The molecule has 0 saturated carbocycles. The minimum absolute atomic E-state index is 0.149. The van der Waals surface area contributed by atoms with E-state index >= 15 is 0 Å². The molecule has 1 rings (SSSR count). The van der Waals surface area contributed by atoms with Crippen LogP contribution in [0.15, 0.2) is 22.7 Å². The maximum Gasteiger partial charge on any atom is 0.241 e. The molecular formula is C12H16BrFN2O. The topological polar surface area (TPSA) is 55.1 Å². The Balaban J connectivity index is 2.64. The molecule has 1 amide bonds. The van der Waals surface area contributed by atoms with Crippen molar-refractivity contribution in [2.24, 2.45) is 5.73 Å². The summed E-state index contributed by atoms with van der Waals surface area (Å²) < 4.78 is 14.1. The van der Waals surface area contributed by atoms with Crippen molar-refractivity contribution in [2.45, 2.75) is 32.2 Å². The van der Waals surface area contributed by atoms with Crippen LogP contribution in [0.3, 0.4) is 0 Å². The second-order valence-electron chi connectivity index (χ2n) is 3.86. The van der Waals surface area contributed by atoms with E-state index in [1.807, 2.05) is 6.92 Å². The average molecular weight is 303 g/mol. The molecule has 0 bridgehead atoms. The van der Waals surface area contributed by atoms with E-state index in [0.29, 0.717) is 10.9 Å². The second kappa shape index (κ2) is 6.71. The molecule has 0 heterocycles. The first-order chi connectivity index (χ1) is 8.04. The summed E-state index contributed by atoms with van der Waals surface area (Å²) in [6.45, 7) is 2.03. The third-order valence-electron chi connectivity index (χ3n) is 2.39. The van der Waals surface area contributed by atoms with E-state index in [4.69, 9.17) is 5.73 Å². The largest absolute Gasteiger partial charge is 0.322 e. The molecule has 1 unspecified atom stereocenters. The molecule has 0 saturated heterocycles. The number of nitrogens with two attached hydrogens (primary N) is 1. The minimum atomic E-state index is -0.590. The summed E-state index contributed by atoms with van der Waals surface area (Å²) in [5.74, 6) is -0.820. The smallest absolute Gasteiger partial charge is 0.241 e. The van der Waals surface area contributed by atoms with E-state index < -0.39 is 11.9 Å². The van der Waals surface area contributed by atoms with E-state index in [1.165, 1.54) is 12.1 Å². The number of halogens is 2. The Morgan fingerprint density at radius 3 is 2.94 bits per heavy atom. The van der Waals surface area contributed by atoms with Crippen LogP contribution in [-0.2, 0) is 4.79 Å². The van der Waals surface area contributed by atoms with Gasteiger partial charge in [-0.15, -0.1) is 0 Å². The number of amides is 1. The van der Waals surface area contributed by atoms with E-state index in [-0.39, 0.29) is 11.6 Å². The Hall–Kier alpha value is -0.940. The first-order valence-electron chi connectivity index (χ1n) is 5.56. The molecule has 1 aromatic rings. The molecule has 0 spiro atoms. The third kappa shape index (κ3) is 4.44. The molecule has 0 radical (unpaired) electrons. The molecule has 0 fully saturated rings. The summed E-state index contributed by atoms with van der Waals surface area (Å²) in [5.41, 5.74) is 5.84. The maximum atomic E-state index is 13.4. The quantitative estimate of drug-likeness (QED) is 0.878. The van der Waals surface area contributed by atoms with Gasteiger partial charge in [0.05, 0.1) is 11.7 Å². The van der Waals surface area contributed by atoms with Gasteiger partial charge in [0.1, 0.15) is 5.82 Å². The van der Waals surface area contributed by atoms with Crippen molar-refractivity contribution in [3.63, 3.8) is 0 Å². The highest BCUT2D eigenvalue weighted by Gasteiger charge is 2.14. The van der Waals surface area contributed by atoms with Crippen LogP contribution in [0.5, 0.6) is 0 Å². The first kappa shape index (κ1) is 14.1. The highest BCUT2D eigenvalue weighted by molar-refractivity contribution is 9.10. The summed E-state index contributed by atoms with van der Waals surface area (Å²) in [6.07, 6.45) is 2.47. The van der Waals surface area contributed by atoms with Gasteiger partial charge in [-0.1, -0.05) is 35.7 Å². The summed E-state index contributed by atoms with van der Waals surface area (Å²) >= 11 is 3.22. The Morgan fingerprint density at radius 1 is 1.59 bits per heavy atom. The summed E-state index contributed by atoms with van der Waals surface area (Å²) in [6, 6.07) is 3.78. The molecular weight excluding hydrogens is 287 g/mol. The lowest BCUT2D eigenvalue weighted by Gasteiger charge is -2.12. The second-order valence-corrected chi connectivity index (χ2v) is 4.78. The van der Waals surface area contributed by atoms with Gasteiger partial charge >= 0.3 is 0 Å². The number of rotatable bonds is 5. The molecule has 0 aliphatic rings. The van der Waals surface area contributed by atoms with Crippen LogP contribution < -0.4 is 11.1 Å². The van der Waals surface area contributed by atoms with Gasteiger partial charge in [-0.2, -0.15) is 0 Å². The van der Waals surface area contributed by atoms with Crippen molar-refractivity contribution < 1.29 is 9.18 Å². The predicted octanol–water partition coefficient (Wildman–Crippen LogP) is 3.04. The lowest BCUT2D eigenvalue weighted by Crippen LogP contribution is -2.35. The van der Waals surface area contributed by atoms with E-state index in [1.54, 1.807) is 6.07 Å². The number of unbranched alkanes of at least 4 members (excludes halogenated alkanes) is 1. The monoisotopic (exact) mass is 302 g/mol. The molecule has 17 heavy (non-hydrogen) atoms. The number of hydrogen-bond donors (Lipinski definition) is 2. The average Bonchev–Trinajstić information content (AvgIpc) is 2.30. The molecule has 1 atom stereocenters. The standard InChI is InChI=1S/C12H16BrFN2O/c1-2-3-4-10(15)12(17)16-11-7-8(13)5-6-9(11)14/h5-7,10H,2-4,15H2,1H3,(H,16,17). The normalized spacial score (nSPS) is 12.2. The number of benzene rings is 1. The lowest BCUT2D eigenvalue weighted by atomic mass is 10.1. The Bertz CT molecular complexity index is 398. The highest BCUT2D eigenvalue weighted by Crippen LogP contribution is 2.20. The number of nitrogens with one attached hydrogen (secondary N) is 1. The molecule has 3 N–H and O–H groups in total. The van der Waals surface area contributed by atoms with Crippen molar-refractivity contribution in [2.75, 3.05) is 5.32 Å². The van der Waals surface area contributed by atoms with Crippen molar-refractivity contribution in [3.8, 4) is 0 Å². The Morgan fingerprint density at radius 2 is 2.29 bits per heavy atom. The number of hydrogen-bond acceptors (Lipinski definition) is 2. The van der Waals surface area contributed by atoms with Crippen LogP contribution in [0.1, 0.15) is 26.2 Å². The zero-order valence-electron chi connectivity index (χ0n) is 9.67. The fourth-order valence-electron chi connectivity index (χ4n) is 1.37. The van der Waals surface area contributed by atoms with Crippen LogP contribution in [0.4, 0.5) is 10.1 Å². The molecule has 0 aliphatic heterocycles. The molecule has 0 aliphatic carbocycles. The van der Waals surface area contributed by atoms with Crippen LogP contribution in [0.25, 0.3) is 0 Å². The van der Waals surface area contributed by atoms with Gasteiger partial charge in [0.15, 0.2) is 0 Å². The molecule has 5 heteroatoms. The van der Waals surface area contributed by atoms with Crippen LogP contribution >= 0.6 is 15.9 Å². The van der Waals surface area contributed by atoms with Gasteiger partial charge < -0.3 is 11.1 Å². The SMILES string of the molecule is CCCCC(N)C(=O)Nc1cc(Br)ccc1F. The number of carbonyl (C=O) groups excluding carboxylic acids is 1. The van der Waals surface area contributed by atoms with Crippen LogP contribution in [0, 0.1) is 5.82 Å². The number of carbonyl (C=O) groups is 1. The van der Waals surface area contributed by atoms with Crippen LogP contribution in [-0.4, -0.2) is 11.9 Å². The summed E-state index contributed by atoms with van der Waals surface area (Å²) in [7, 11) is 0. The van der Waals surface area contributed by atoms with Crippen molar-refractivity contribution in [1.29, 1.82) is 0 Å². The minimum Gasteiger partial charge on any atom is -0.322 e. The van der Waals surface area contributed by atoms with E-state index in [2.05, 4.69) is 21.2 Å². The Kier molecular flexibility index (Phi) is 5.58. The van der Waals surface area contributed by atoms with Gasteiger partial charge in [-0.05, 0) is 24.6 Å². The summed E-state index contributed by atoms with van der Waals surface area (Å²) in [5, 5.41) is 2.49. The van der Waals surface area contributed by atoms with E-state index in [0.717, 1.165) is 12.8 Å². The lowest BCUT2D eigenvalue weighted by molar-refractivity contribution is -0.117. The summed E-state index contributed by atoms with van der Waals surface area (Å²) in [4.78, 5) is 11.7. The molecule has 94 valence electrons. The van der Waals surface area contributed by atoms with Gasteiger partial charge in [-0.25, -0.2) is 4.39 Å². The molecule has 1 aromatic carbocycles. The third-order valence-corrected chi connectivity index (χ3v) is 2.88. The van der Waals surface area contributed by atoms with Gasteiger partial charge in [-0.3, -0.25) is 4.79 Å². The maximum absolute atomic E-state index is 13.4. The van der Waals surface area contributed by atoms with Crippen LogP contribution in [0.2, 0.25) is 0 Å². The van der Waals surface area contributed by atoms with Crippen molar-refractivity contribution in [1.82, 2.24) is 0 Å². The number of anilines is 1. The molecule has 3 nitrogen and oxygen atoms in total. The molecule has 0 aromatic heterocycles. The Labute approximate surface area is 109 Å².